The Bertz CT molecular complexity index is 1670. The number of hydrogen-bond acceptors (Lipinski definition) is 6. The van der Waals surface area contributed by atoms with Crippen LogP contribution in [-0.4, -0.2) is 59.3 Å². The third-order valence-corrected chi connectivity index (χ3v) is 14.4. The van der Waals surface area contributed by atoms with Crippen LogP contribution in [0.15, 0.2) is 53.6 Å². The fourth-order valence-electron chi connectivity index (χ4n) is 4.77. The molecule has 2 aromatic carbocycles. The first-order chi connectivity index (χ1) is 21.7. The fourth-order valence-corrected chi connectivity index (χ4v) is 7.69. The van der Waals surface area contributed by atoms with E-state index in [9.17, 15) is 41.0 Å². The minimum Gasteiger partial charge on any atom is -0.443 e. The number of rotatable bonds is 8. The van der Waals surface area contributed by atoms with Crippen molar-refractivity contribution in [3.63, 3.8) is 0 Å². The molecule has 1 aliphatic rings. The second-order valence-electron chi connectivity index (χ2n) is 14.6. The number of aromatic nitrogens is 1. The van der Waals surface area contributed by atoms with Gasteiger partial charge in [0, 0.05) is 38.9 Å². The number of carbonyl (C=O) groups excluding carboxylic acids is 2. The van der Waals surface area contributed by atoms with E-state index in [0.717, 1.165) is 40.2 Å². The van der Waals surface area contributed by atoms with Crippen molar-refractivity contribution >= 4 is 48.5 Å². The van der Waals surface area contributed by atoms with Gasteiger partial charge in [0.2, 0.25) is 0 Å². The molecule has 1 amide bonds. The third kappa shape index (κ3) is 7.73. The molecule has 0 bridgehead atoms. The van der Waals surface area contributed by atoms with Gasteiger partial charge in [-0.2, -0.15) is 26.3 Å². The quantitative estimate of drug-likeness (QED) is 0.137. The Morgan fingerprint density at radius 3 is 1.98 bits per heavy atom. The lowest BCUT2D eigenvalue weighted by atomic mass is 9.92. The highest BCUT2D eigenvalue weighted by Crippen LogP contribution is 2.51. The van der Waals surface area contributed by atoms with Gasteiger partial charge in [-0.05, 0) is 76.0 Å². The molecule has 48 heavy (non-hydrogen) atoms. The zero-order valence-corrected chi connectivity index (χ0v) is 29.8. The summed E-state index contributed by atoms with van der Waals surface area (Å²) < 4.78 is 93.2. The van der Waals surface area contributed by atoms with Crippen LogP contribution >= 0.6 is 11.8 Å². The van der Waals surface area contributed by atoms with Crippen molar-refractivity contribution in [2.45, 2.75) is 107 Å². The summed E-state index contributed by atoms with van der Waals surface area (Å²) >= 11 is 1.60. The van der Waals surface area contributed by atoms with Gasteiger partial charge in [-0.3, -0.25) is 4.79 Å². The Balaban J connectivity index is 1.63. The van der Waals surface area contributed by atoms with Crippen LogP contribution in [0.25, 0.3) is 10.8 Å². The minimum atomic E-state index is -6.06. The number of halogens is 6. The lowest BCUT2D eigenvalue weighted by Gasteiger charge is -2.39. The maximum absolute atomic E-state index is 13.6. The highest BCUT2D eigenvalue weighted by atomic mass is 32.2. The predicted octanol–water partition coefficient (Wildman–Crippen LogP) is 9.64. The average Bonchev–Trinajstić information content (AvgIpc) is 3.56. The lowest BCUT2D eigenvalue weighted by molar-refractivity contribution is -0.376. The highest BCUT2D eigenvalue weighted by Gasteiger charge is 2.71. The van der Waals surface area contributed by atoms with Crippen LogP contribution in [0.3, 0.4) is 0 Å². The summed E-state index contributed by atoms with van der Waals surface area (Å²) in [7, 11) is -2.00. The molecule has 0 radical (unpaired) electrons. The van der Waals surface area contributed by atoms with Crippen molar-refractivity contribution in [2.24, 2.45) is 0 Å². The second kappa shape index (κ2) is 12.4. The van der Waals surface area contributed by atoms with Crippen molar-refractivity contribution in [2.75, 3.05) is 11.1 Å². The molecule has 264 valence electrons. The van der Waals surface area contributed by atoms with Crippen LogP contribution in [0.2, 0.25) is 18.1 Å². The number of thioether (sulfide) groups is 1. The van der Waals surface area contributed by atoms with E-state index < -0.39 is 49.4 Å². The van der Waals surface area contributed by atoms with Gasteiger partial charge >= 0.3 is 18.4 Å². The maximum atomic E-state index is 13.6. The third-order valence-electron chi connectivity index (χ3n) is 8.56. The maximum Gasteiger partial charge on any atom is 0.430 e. The van der Waals surface area contributed by atoms with E-state index in [4.69, 9.17) is 9.16 Å². The Hall–Kier alpha value is -3.01. The van der Waals surface area contributed by atoms with E-state index in [0.29, 0.717) is 22.9 Å². The van der Waals surface area contributed by atoms with Crippen LogP contribution in [0, 0.1) is 0 Å². The summed E-state index contributed by atoms with van der Waals surface area (Å²) in [6.45, 7) is 15.9. The molecule has 1 aliphatic carbocycles. The number of amides is 1. The van der Waals surface area contributed by atoms with Gasteiger partial charge in [-0.1, -0.05) is 39.0 Å². The van der Waals surface area contributed by atoms with Crippen LogP contribution in [0.1, 0.15) is 70.4 Å². The van der Waals surface area contributed by atoms with Crippen LogP contribution < -0.4 is 5.32 Å². The van der Waals surface area contributed by atoms with Gasteiger partial charge in [0.25, 0.3) is 11.5 Å². The van der Waals surface area contributed by atoms with Gasteiger partial charge in [0.05, 0.1) is 5.60 Å². The smallest absolute Gasteiger partial charge is 0.430 e. The van der Waals surface area contributed by atoms with E-state index in [1.54, 1.807) is 44.7 Å². The largest absolute Gasteiger partial charge is 0.443 e. The van der Waals surface area contributed by atoms with Gasteiger partial charge in [-0.25, -0.2) is 9.36 Å². The van der Waals surface area contributed by atoms with Crippen LogP contribution in [-0.2, 0) is 14.8 Å². The van der Waals surface area contributed by atoms with Crippen molar-refractivity contribution in [3.8, 4) is 0 Å². The first kappa shape index (κ1) is 37.8. The van der Waals surface area contributed by atoms with Crippen molar-refractivity contribution in [3.05, 3.63) is 59.9 Å². The number of benzene rings is 2. The molecule has 4 rings (SSSR count). The SMILES string of the molecule is CC(C)(C)OC(=O)n1cc2cc(SCC3(O[Si](C)(C)C(C)(C)C)CC3)ccc2c1C(=O)Nc1ccc(C(O)(C(F)(F)F)C(F)(F)F)cc1. The standard InChI is InChI=1S/C33H40F6N2O5SSi/c1-28(2,3)45-27(43)41-18-20-17-23(47-19-30(15-16-30)46-48(7,8)29(4,5)6)13-14-24(20)25(41)26(42)40-22-11-9-21(10-12-22)31(44,32(34,35)36)33(37,38)39/h9-14,17-18,44H,15-16,19H2,1-8H3,(H,40,42). The van der Waals surface area contributed by atoms with Crippen molar-refractivity contribution in [1.82, 2.24) is 4.57 Å². The number of nitrogens with zero attached hydrogens (tertiary/aromatic N) is 1. The summed E-state index contributed by atoms with van der Waals surface area (Å²) in [6, 6.07) is 7.73. The number of carbonyl (C=O) groups is 2. The Morgan fingerprint density at radius 1 is 0.938 bits per heavy atom. The second-order valence-corrected chi connectivity index (χ2v) is 20.4. The van der Waals surface area contributed by atoms with E-state index >= 15 is 0 Å². The molecule has 2 N–H and O–H groups in total. The zero-order chi connectivity index (χ0) is 36.3. The van der Waals surface area contributed by atoms with E-state index in [1.807, 2.05) is 6.07 Å². The monoisotopic (exact) mass is 718 g/mol. The summed E-state index contributed by atoms with van der Waals surface area (Å²) in [4.78, 5) is 27.7. The molecule has 0 aliphatic heterocycles. The van der Waals surface area contributed by atoms with E-state index in [1.165, 1.54) is 6.20 Å². The summed E-state index contributed by atoms with van der Waals surface area (Å²) in [6.07, 6.45) is -9.62. The number of alkyl halides is 6. The van der Waals surface area contributed by atoms with Crippen molar-refractivity contribution in [1.29, 1.82) is 0 Å². The molecule has 1 aromatic heterocycles. The first-order valence-electron chi connectivity index (χ1n) is 15.2. The average molecular weight is 719 g/mol. The molecule has 1 fully saturated rings. The lowest BCUT2D eigenvalue weighted by Crippen LogP contribution is -2.53. The molecular formula is C33H40F6N2O5SSi. The topological polar surface area (TPSA) is 89.8 Å². The molecule has 1 heterocycles. The van der Waals surface area contributed by atoms with Gasteiger partial charge in [0.1, 0.15) is 11.3 Å². The minimum absolute atomic E-state index is 0.0608. The Morgan fingerprint density at radius 2 is 1.50 bits per heavy atom. The Labute approximate surface area is 280 Å². The number of aliphatic hydroxyl groups is 1. The van der Waals surface area contributed by atoms with Gasteiger partial charge in [-0.15, -0.1) is 11.8 Å². The molecule has 0 spiro atoms. The van der Waals surface area contributed by atoms with Crippen LogP contribution in [0.4, 0.5) is 36.8 Å². The van der Waals surface area contributed by atoms with E-state index in [-0.39, 0.29) is 22.0 Å². The number of hydrogen-bond donors (Lipinski definition) is 2. The van der Waals surface area contributed by atoms with Gasteiger partial charge in [0.15, 0.2) is 8.32 Å². The summed E-state index contributed by atoms with van der Waals surface area (Å²) in [5.74, 6) is -0.149. The molecule has 0 saturated heterocycles. The van der Waals surface area contributed by atoms with Gasteiger partial charge < -0.3 is 19.6 Å². The number of nitrogens with one attached hydrogen (secondary N) is 1. The summed E-state index contributed by atoms with van der Waals surface area (Å²) in [5.41, 5.74) is -8.05. The molecule has 1 saturated carbocycles. The molecule has 0 atom stereocenters. The number of fused-ring (bicyclic) bond motifs is 1. The zero-order valence-electron chi connectivity index (χ0n) is 27.9. The summed E-state index contributed by atoms with van der Waals surface area (Å²) in [5, 5.41) is 13.1. The highest BCUT2D eigenvalue weighted by molar-refractivity contribution is 7.99. The molecule has 3 aromatic rings. The van der Waals surface area contributed by atoms with Crippen LogP contribution in [0.5, 0.6) is 0 Å². The predicted molar refractivity (Wildman–Crippen MR) is 175 cm³/mol. The fraction of sp³-hybridized carbons (Fsp3) is 0.515. The van der Waals surface area contributed by atoms with Crippen molar-refractivity contribution < 1.29 is 50.2 Å². The number of anilines is 1. The Kier molecular flexibility index (Phi) is 9.76. The molecule has 0 unspecified atom stereocenters. The molecule has 7 nitrogen and oxygen atoms in total. The first-order valence-corrected chi connectivity index (χ1v) is 19.1. The number of ether oxygens (including phenoxy) is 1. The normalized spacial score (nSPS) is 15.8. The molecular weight excluding hydrogens is 679 g/mol. The van der Waals surface area contributed by atoms with E-state index in [2.05, 4.69) is 39.2 Å². The molecule has 15 heteroatoms.